The van der Waals surface area contributed by atoms with Crippen LogP contribution in [0.15, 0.2) is 65.1 Å². The van der Waals surface area contributed by atoms with Crippen molar-refractivity contribution in [2.45, 2.75) is 32.1 Å². The normalized spacial score (nSPS) is 13.2. The first-order valence-electron chi connectivity index (χ1n) is 13.0. The van der Waals surface area contributed by atoms with Gasteiger partial charge in [0.05, 0.1) is 32.0 Å². The zero-order valence-corrected chi connectivity index (χ0v) is 23.9. The number of nitrogens with one attached hydrogen (secondary N) is 1. The van der Waals surface area contributed by atoms with Crippen molar-refractivity contribution < 1.29 is 24.2 Å². The predicted molar refractivity (Wildman–Crippen MR) is 156 cm³/mol. The van der Waals surface area contributed by atoms with Gasteiger partial charge in [0.2, 0.25) is 5.91 Å². The Hall–Kier alpha value is -3.56. The number of hydrogen-bond acceptors (Lipinski definition) is 6. The molecule has 1 aliphatic heterocycles. The quantitative estimate of drug-likeness (QED) is 0.284. The van der Waals surface area contributed by atoms with Crippen LogP contribution in [0.25, 0.3) is 0 Å². The summed E-state index contributed by atoms with van der Waals surface area (Å²) in [5, 5.41) is 11.1. The van der Waals surface area contributed by atoms with E-state index >= 15 is 0 Å². The lowest BCUT2D eigenvalue weighted by atomic mass is 10.1. The van der Waals surface area contributed by atoms with E-state index in [4.69, 9.17) is 9.47 Å². The first-order chi connectivity index (χ1) is 18.9. The van der Waals surface area contributed by atoms with E-state index in [0.29, 0.717) is 23.0 Å². The van der Waals surface area contributed by atoms with Gasteiger partial charge in [0.1, 0.15) is 17.1 Å². The second-order valence-corrected chi connectivity index (χ2v) is 10.3. The summed E-state index contributed by atoms with van der Waals surface area (Å²) in [6.07, 6.45) is 4.21. The van der Waals surface area contributed by atoms with Crippen molar-refractivity contribution in [1.82, 2.24) is 5.43 Å². The molecule has 0 saturated carbocycles. The van der Waals surface area contributed by atoms with Gasteiger partial charge < -0.3 is 19.5 Å². The zero-order chi connectivity index (χ0) is 27.8. The third kappa shape index (κ3) is 7.10. The Morgan fingerprint density at radius 1 is 1.00 bits per heavy atom. The molecule has 1 fully saturated rings. The number of carbonyl (C=O) groups is 2. The monoisotopic (exact) mass is 595 g/mol. The SMILES string of the molecule is COc1ccc(CCNN(C(=O)Cc2cc(OC)c(C(=O)O)cc2Br)c2ccccc2N2CCCCC2)cc1. The van der Waals surface area contributed by atoms with Gasteiger partial charge in [-0.05, 0) is 73.2 Å². The Labute approximate surface area is 237 Å². The summed E-state index contributed by atoms with van der Waals surface area (Å²) in [5.41, 5.74) is 6.98. The van der Waals surface area contributed by atoms with Crippen LogP contribution < -0.4 is 24.8 Å². The molecule has 1 heterocycles. The van der Waals surface area contributed by atoms with Crippen molar-refractivity contribution >= 4 is 39.2 Å². The summed E-state index contributed by atoms with van der Waals surface area (Å²) in [4.78, 5) is 27.9. The average molecular weight is 597 g/mol. The molecule has 0 bridgehead atoms. The number of piperidine rings is 1. The van der Waals surface area contributed by atoms with Crippen LogP contribution in [0.2, 0.25) is 0 Å². The Morgan fingerprint density at radius 3 is 2.38 bits per heavy atom. The predicted octanol–water partition coefficient (Wildman–Crippen LogP) is 5.48. The zero-order valence-electron chi connectivity index (χ0n) is 22.3. The maximum Gasteiger partial charge on any atom is 0.339 e. The van der Waals surface area contributed by atoms with E-state index < -0.39 is 5.97 Å². The Bertz CT molecular complexity index is 1290. The lowest BCUT2D eigenvalue weighted by Gasteiger charge is -2.34. The van der Waals surface area contributed by atoms with Crippen LogP contribution in [-0.4, -0.2) is 50.8 Å². The minimum Gasteiger partial charge on any atom is -0.497 e. The molecule has 39 heavy (non-hydrogen) atoms. The second-order valence-electron chi connectivity index (χ2n) is 9.40. The molecule has 0 radical (unpaired) electrons. The highest BCUT2D eigenvalue weighted by Crippen LogP contribution is 2.32. The van der Waals surface area contributed by atoms with Crippen LogP contribution in [0.3, 0.4) is 0 Å². The summed E-state index contributed by atoms with van der Waals surface area (Å²) in [5.74, 6) is -0.252. The third-order valence-electron chi connectivity index (χ3n) is 6.85. The number of carbonyl (C=O) groups excluding carboxylic acids is 1. The van der Waals surface area contributed by atoms with Crippen LogP contribution in [0.4, 0.5) is 11.4 Å². The van der Waals surface area contributed by atoms with Crippen molar-refractivity contribution in [3.63, 3.8) is 0 Å². The van der Waals surface area contributed by atoms with E-state index in [0.717, 1.165) is 48.6 Å². The van der Waals surface area contributed by atoms with Crippen molar-refractivity contribution in [3.8, 4) is 11.5 Å². The van der Waals surface area contributed by atoms with Gasteiger partial charge in [-0.2, -0.15) is 0 Å². The van der Waals surface area contributed by atoms with E-state index in [1.54, 1.807) is 18.2 Å². The number of ether oxygens (including phenoxy) is 2. The number of amides is 1. The summed E-state index contributed by atoms with van der Waals surface area (Å²) in [7, 11) is 3.06. The maximum atomic E-state index is 13.9. The van der Waals surface area contributed by atoms with Crippen LogP contribution in [0, 0.1) is 0 Å². The molecular weight excluding hydrogens is 562 g/mol. The van der Waals surface area contributed by atoms with Gasteiger partial charge in [-0.15, -0.1) is 0 Å². The maximum absolute atomic E-state index is 13.9. The van der Waals surface area contributed by atoms with Crippen molar-refractivity contribution in [2.75, 3.05) is 43.8 Å². The minimum atomic E-state index is -1.09. The Kier molecular flexibility index (Phi) is 9.84. The summed E-state index contributed by atoms with van der Waals surface area (Å²) < 4.78 is 11.1. The van der Waals surface area contributed by atoms with Gasteiger partial charge in [0, 0.05) is 24.1 Å². The second kappa shape index (κ2) is 13.5. The molecule has 8 nitrogen and oxygen atoms in total. The Balaban J connectivity index is 1.61. The number of para-hydroxylation sites is 2. The first-order valence-corrected chi connectivity index (χ1v) is 13.8. The molecule has 0 spiro atoms. The van der Waals surface area contributed by atoms with Gasteiger partial charge in [0.15, 0.2) is 0 Å². The molecule has 206 valence electrons. The molecule has 0 aliphatic carbocycles. The number of aromatic carboxylic acids is 1. The Morgan fingerprint density at radius 2 is 1.72 bits per heavy atom. The number of anilines is 2. The van der Waals surface area contributed by atoms with Gasteiger partial charge in [-0.3, -0.25) is 4.79 Å². The first kappa shape index (κ1) is 28.4. The number of methoxy groups -OCH3 is 2. The molecule has 2 N–H and O–H groups in total. The molecule has 1 amide bonds. The number of nitrogens with zero attached hydrogens (tertiary/aromatic N) is 2. The molecule has 1 saturated heterocycles. The molecular formula is C30H34BrN3O5. The van der Waals surface area contributed by atoms with Gasteiger partial charge in [-0.25, -0.2) is 15.2 Å². The van der Waals surface area contributed by atoms with Crippen LogP contribution >= 0.6 is 15.9 Å². The van der Waals surface area contributed by atoms with Crippen LogP contribution in [-0.2, 0) is 17.6 Å². The van der Waals surface area contributed by atoms with E-state index in [1.165, 1.54) is 19.6 Å². The van der Waals surface area contributed by atoms with E-state index in [1.807, 2.05) is 42.5 Å². The van der Waals surface area contributed by atoms with Crippen molar-refractivity contribution in [2.24, 2.45) is 0 Å². The lowest BCUT2D eigenvalue weighted by Crippen LogP contribution is -2.46. The number of rotatable bonds is 11. The number of carboxylic acid groups (broad SMARTS) is 1. The highest BCUT2D eigenvalue weighted by Gasteiger charge is 2.24. The molecule has 0 aromatic heterocycles. The number of benzene rings is 3. The largest absolute Gasteiger partial charge is 0.497 e. The lowest BCUT2D eigenvalue weighted by molar-refractivity contribution is -0.118. The number of hydrazine groups is 1. The van der Waals surface area contributed by atoms with E-state index in [9.17, 15) is 14.7 Å². The number of hydrogen-bond donors (Lipinski definition) is 2. The molecule has 0 atom stereocenters. The number of carboxylic acids is 1. The fourth-order valence-corrected chi connectivity index (χ4v) is 5.26. The van der Waals surface area contributed by atoms with Crippen LogP contribution in [0.5, 0.6) is 11.5 Å². The molecule has 1 aliphatic rings. The summed E-state index contributed by atoms with van der Waals surface area (Å²) in [6.45, 7) is 2.43. The topological polar surface area (TPSA) is 91.3 Å². The fraction of sp³-hybridized carbons (Fsp3) is 0.333. The molecule has 3 aromatic rings. The standard InChI is InChI=1S/C30H34BrN3O5/c1-38-23-12-10-21(11-13-23)14-15-32-34(27-9-5-4-8-26(27)33-16-6-3-7-17-33)29(35)19-22-18-28(39-2)24(30(36)37)20-25(22)31/h4-5,8-13,18,20,32H,3,6-7,14-17,19H2,1-2H3,(H,36,37). The average Bonchev–Trinajstić information content (AvgIpc) is 2.96. The van der Waals surface area contributed by atoms with Crippen molar-refractivity contribution in [3.05, 3.63) is 81.8 Å². The minimum absolute atomic E-state index is 0.0329. The number of halogens is 1. The highest BCUT2D eigenvalue weighted by molar-refractivity contribution is 9.10. The third-order valence-corrected chi connectivity index (χ3v) is 7.59. The van der Waals surface area contributed by atoms with Gasteiger partial charge in [0.25, 0.3) is 0 Å². The highest BCUT2D eigenvalue weighted by atomic mass is 79.9. The molecule has 9 heteroatoms. The van der Waals surface area contributed by atoms with E-state index in [-0.39, 0.29) is 23.6 Å². The molecule has 3 aromatic carbocycles. The van der Waals surface area contributed by atoms with E-state index in [2.05, 4.69) is 32.3 Å². The van der Waals surface area contributed by atoms with Gasteiger partial charge >= 0.3 is 5.97 Å². The summed E-state index contributed by atoms with van der Waals surface area (Å²) >= 11 is 3.46. The molecule has 4 rings (SSSR count). The summed E-state index contributed by atoms with van der Waals surface area (Å²) in [6, 6.07) is 18.9. The van der Waals surface area contributed by atoms with Crippen LogP contribution in [0.1, 0.15) is 40.7 Å². The fourth-order valence-electron chi connectivity index (χ4n) is 4.78. The molecule has 0 unspecified atom stereocenters. The van der Waals surface area contributed by atoms with Crippen molar-refractivity contribution in [1.29, 1.82) is 0 Å². The van der Waals surface area contributed by atoms with Gasteiger partial charge in [-0.1, -0.05) is 40.2 Å². The smallest absolute Gasteiger partial charge is 0.339 e.